The normalized spacial score (nSPS) is 17.0. The van der Waals surface area contributed by atoms with E-state index in [0.29, 0.717) is 6.04 Å². The largest absolute Gasteiger partial charge is 0.367 e. The highest BCUT2D eigenvalue weighted by Gasteiger charge is 2.20. The Morgan fingerprint density at radius 1 is 1.38 bits per heavy atom. The number of nitrogens with one attached hydrogen (secondary N) is 1. The van der Waals surface area contributed by atoms with Crippen molar-refractivity contribution in [2.45, 2.75) is 32.7 Å². The molecule has 1 aromatic rings. The summed E-state index contributed by atoms with van der Waals surface area (Å²) in [6.07, 6.45) is 2.52. The summed E-state index contributed by atoms with van der Waals surface area (Å²) in [6.45, 7) is 7.80. The Bertz CT molecular complexity index is 335. The summed E-state index contributed by atoms with van der Waals surface area (Å²) >= 11 is 0. The predicted octanol–water partition coefficient (Wildman–Crippen LogP) is 2.44. The van der Waals surface area contributed by atoms with Gasteiger partial charge in [-0.1, -0.05) is 25.1 Å². The van der Waals surface area contributed by atoms with E-state index in [1.54, 1.807) is 0 Å². The van der Waals surface area contributed by atoms with Crippen molar-refractivity contribution in [2.75, 3.05) is 24.5 Å². The second-order valence-electron chi connectivity index (χ2n) is 4.58. The third kappa shape index (κ3) is 2.38. The molecule has 0 saturated carbocycles. The van der Waals surface area contributed by atoms with E-state index in [4.69, 9.17) is 0 Å². The number of rotatable bonds is 4. The van der Waals surface area contributed by atoms with Gasteiger partial charge < -0.3 is 10.2 Å². The summed E-state index contributed by atoms with van der Waals surface area (Å²) in [5, 5.41) is 3.43. The molecule has 0 amide bonds. The molecular formula is C14H22N2. The Kier molecular flexibility index (Phi) is 3.83. The van der Waals surface area contributed by atoms with Crippen molar-refractivity contribution in [1.82, 2.24) is 5.32 Å². The van der Waals surface area contributed by atoms with Gasteiger partial charge in [0.25, 0.3) is 0 Å². The number of anilines is 1. The van der Waals surface area contributed by atoms with Gasteiger partial charge in [0.05, 0.1) is 0 Å². The molecular weight excluding hydrogens is 196 g/mol. The van der Waals surface area contributed by atoms with Crippen molar-refractivity contribution < 1.29 is 0 Å². The number of benzene rings is 1. The maximum Gasteiger partial charge on any atom is 0.0401 e. The zero-order valence-electron chi connectivity index (χ0n) is 10.4. The van der Waals surface area contributed by atoms with Gasteiger partial charge in [-0.15, -0.1) is 0 Å². The van der Waals surface area contributed by atoms with Gasteiger partial charge in [-0.25, -0.2) is 0 Å². The molecule has 1 unspecified atom stereocenters. The second kappa shape index (κ2) is 5.35. The van der Waals surface area contributed by atoms with E-state index < -0.39 is 0 Å². The molecule has 88 valence electrons. The lowest BCUT2D eigenvalue weighted by atomic mass is 10.0. The smallest absolute Gasteiger partial charge is 0.0401 e. The second-order valence-corrected chi connectivity index (χ2v) is 4.58. The molecule has 0 aromatic heterocycles. The monoisotopic (exact) mass is 218 g/mol. The van der Waals surface area contributed by atoms with Crippen LogP contribution in [-0.2, 0) is 6.42 Å². The molecule has 1 aliphatic rings. The molecule has 1 N–H and O–H groups in total. The van der Waals surface area contributed by atoms with Crippen LogP contribution in [0.4, 0.5) is 5.69 Å². The third-order valence-corrected chi connectivity index (χ3v) is 3.37. The van der Waals surface area contributed by atoms with E-state index in [1.165, 1.54) is 30.6 Å². The molecule has 2 rings (SSSR count). The maximum atomic E-state index is 3.43. The van der Waals surface area contributed by atoms with Crippen molar-refractivity contribution >= 4 is 5.69 Å². The minimum Gasteiger partial charge on any atom is -0.367 e. The van der Waals surface area contributed by atoms with Gasteiger partial charge >= 0.3 is 0 Å². The van der Waals surface area contributed by atoms with E-state index in [0.717, 1.165) is 13.1 Å². The van der Waals surface area contributed by atoms with Crippen LogP contribution in [-0.4, -0.2) is 25.7 Å². The van der Waals surface area contributed by atoms with Gasteiger partial charge in [-0.2, -0.15) is 0 Å². The SMILES string of the molecule is CCNCC(C)N1CCCc2ccccc21. The summed E-state index contributed by atoms with van der Waals surface area (Å²) in [5.41, 5.74) is 2.95. The summed E-state index contributed by atoms with van der Waals surface area (Å²) in [6, 6.07) is 9.41. The molecule has 2 heteroatoms. The molecule has 0 fully saturated rings. The summed E-state index contributed by atoms with van der Waals surface area (Å²) < 4.78 is 0. The van der Waals surface area contributed by atoms with E-state index in [2.05, 4.69) is 48.3 Å². The van der Waals surface area contributed by atoms with Crippen LogP contribution in [0.15, 0.2) is 24.3 Å². The first-order valence-corrected chi connectivity index (χ1v) is 6.38. The van der Waals surface area contributed by atoms with Crippen LogP contribution in [0, 0.1) is 0 Å². The van der Waals surface area contributed by atoms with Crippen LogP contribution in [0.5, 0.6) is 0 Å². The van der Waals surface area contributed by atoms with E-state index in [-0.39, 0.29) is 0 Å². The molecule has 16 heavy (non-hydrogen) atoms. The molecule has 1 aliphatic heterocycles. The molecule has 1 aromatic carbocycles. The van der Waals surface area contributed by atoms with Gasteiger partial charge in [0.2, 0.25) is 0 Å². The molecule has 2 nitrogen and oxygen atoms in total. The highest BCUT2D eigenvalue weighted by atomic mass is 15.2. The Hall–Kier alpha value is -1.02. The minimum absolute atomic E-state index is 0.585. The summed E-state index contributed by atoms with van der Waals surface area (Å²) in [7, 11) is 0. The fraction of sp³-hybridized carbons (Fsp3) is 0.571. The fourth-order valence-corrected chi connectivity index (χ4v) is 2.48. The predicted molar refractivity (Wildman–Crippen MR) is 70.1 cm³/mol. The van der Waals surface area contributed by atoms with Crippen molar-refractivity contribution in [3.63, 3.8) is 0 Å². The van der Waals surface area contributed by atoms with E-state index in [9.17, 15) is 0 Å². The van der Waals surface area contributed by atoms with Crippen LogP contribution in [0.3, 0.4) is 0 Å². The quantitative estimate of drug-likeness (QED) is 0.835. The van der Waals surface area contributed by atoms with Crippen molar-refractivity contribution in [3.8, 4) is 0 Å². The van der Waals surface area contributed by atoms with Gasteiger partial charge in [-0.3, -0.25) is 0 Å². The molecule has 0 aliphatic carbocycles. The van der Waals surface area contributed by atoms with Crippen molar-refractivity contribution in [1.29, 1.82) is 0 Å². The number of fused-ring (bicyclic) bond motifs is 1. The zero-order chi connectivity index (χ0) is 11.4. The lowest BCUT2D eigenvalue weighted by Crippen LogP contribution is -2.43. The molecule has 1 atom stereocenters. The van der Waals surface area contributed by atoms with Gasteiger partial charge in [-0.05, 0) is 37.9 Å². The lowest BCUT2D eigenvalue weighted by molar-refractivity contribution is 0.550. The Balaban J connectivity index is 2.12. The topological polar surface area (TPSA) is 15.3 Å². The summed E-state index contributed by atoms with van der Waals surface area (Å²) in [5.74, 6) is 0. The first kappa shape index (κ1) is 11.5. The summed E-state index contributed by atoms with van der Waals surface area (Å²) in [4.78, 5) is 2.54. The Labute approximate surface area is 98.7 Å². The number of para-hydroxylation sites is 1. The number of hydrogen-bond donors (Lipinski definition) is 1. The maximum absolute atomic E-state index is 3.43. The van der Waals surface area contributed by atoms with Crippen LogP contribution in [0.1, 0.15) is 25.8 Å². The number of hydrogen-bond acceptors (Lipinski definition) is 2. The Morgan fingerprint density at radius 3 is 3.00 bits per heavy atom. The van der Waals surface area contributed by atoms with Crippen LogP contribution in [0.25, 0.3) is 0 Å². The average molecular weight is 218 g/mol. The molecule has 1 heterocycles. The van der Waals surface area contributed by atoms with Gasteiger partial charge in [0.15, 0.2) is 0 Å². The minimum atomic E-state index is 0.585. The van der Waals surface area contributed by atoms with E-state index >= 15 is 0 Å². The number of likely N-dealkylation sites (N-methyl/N-ethyl adjacent to an activating group) is 1. The first-order chi connectivity index (χ1) is 7.83. The zero-order valence-corrected chi connectivity index (χ0v) is 10.4. The first-order valence-electron chi connectivity index (χ1n) is 6.38. The molecule has 0 radical (unpaired) electrons. The van der Waals surface area contributed by atoms with Gasteiger partial charge in [0.1, 0.15) is 0 Å². The van der Waals surface area contributed by atoms with Crippen LogP contribution < -0.4 is 10.2 Å². The van der Waals surface area contributed by atoms with Crippen molar-refractivity contribution in [3.05, 3.63) is 29.8 Å². The number of nitrogens with zero attached hydrogens (tertiary/aromatic N) is 1. The lowest BCUT2D eigenvalue weighted by Gasteiger charge is -2.36. The molecule has 0 bridgehead atoms. The standard InChI is InChI=1S/C14H22N2/c1-3-15-11-12(2)16-10-6-8-13-7-4-5-9-14(13)16/h4-5,7,9,12,15H,3,6,8,10-11H2,1-2H3. The van der Waals surface area contributed by atoms with Crippen LogP contribution in [0.2, 0.25) is 0 Å². The van der Waals surface area contributed by atoms with Crippen molar-refractivity contribution in [2.24, 2.45) is 0 Å². The van der Waals surface area contributed by atoms with Crippen LogP contribution >= 0.6 is 0 Å². The third-order valence-electron chi connectivity index (χ3n) is 3.37. The van der Waals surface area contributed by atoms with E-state index in [1.807, 2.05) is 0 Å². The average Bonchev–Trinajstić information content (AvgIpc) is 2.35. The van der Waals surface area contributed by atoms with Gasteiger partial charge in [0, 0.05) is 24.8 Å². The molecule has 0 spiro atoms. The molecule has 0 saturated heterocycles. The highest BCUT2D eigenvalue weighted by molar-refractivity contribution is 5.56. The number of aryl methyl sites for hydroxylation is 1. The fourth-order valence-electron chi connectivity index (χ4n) is 2.48. The Morgan fingerprint density at radius 2 is 2.19 bits per heavy atom. The highest BCUT2D eigenvalue weighted by Crippen LogP contribution is 2.27.